The molecule has 0 spiro atoms. The molecule has 0 fully saturated rings. The van der Waals surface area contributed by atoms with Gasteiger partial charge in [0.05, 0.1) is 0 Å². The van der Waals surface area contributed by atoms with Crippen LogP contribution in [0.5, 0.6) is 5.75 Å². The largest absolute Gasteiger partial charge is 0.489 e. The van der Waals surface area contributed by atoms with Crippen LogP contribution in [0.4, 0.5) is 0 Å². The maximum absolute atomic E-state index is 11.6. The van der Waals surface area contributed by atoms with Gasteiger partial charge in [0.15, 0.2) is 11.6 Å². The first-order valence-corrected chi connectivity index (χ1v) is 7.16. The van der Waals surface area contributed by atoms with Crippen molar-refractivity contribution < 1.29 is 14.3 Å². The molecule has 2 aromatic carbocycles. The van der Waals surface area contributed by atoms with Crippen molar-refractivity contribution in [2.75, 3.05) is 6.61 Å². The smallest absolute Gasteiger partial charge is 0.159 e. The molecule has 0 bridgehead atoms. The predicted octanol–water partition coefficient (Wildman–Crippen LogP) is 3.92. The van der Waals surface area contributed by atoms with Crippen LogP contribution in [0.1, 0.15) is 45.7 Å². The molecule has 0 saturated carbocycles. The van der Waals surface area contributed by atoms with E-state index in [1.165, 1.54) is 0 Å². The van der Waals surface area contributed by atoms with Gasteiger partial charge < -0.3 is 4.74 Å². The lowest BCUT2D eigenvalue weighted by molar-refractivity contribution is 0.100. The quantitative estimate of drug-likeness (QED) is 0.805. The van der Waals surface area contributed by atoms with Crippen LogP contribution >= 0.6 is 0 Å². The van der Waals surface area contributed by atoms with Crippen molar-refractivity contribution in [1.29, 1.82) is 0 Å². The van der Waals surface area contributed by atoms with Crippen LogP contribution in [-0.2, 0) is 0 Å². The molecule has 0 radical (unpaired) electrons. The van der Waals surface area contributed by atoms with Crippen molar-refractivity contribution in [1.82, 2.24) is 0 Å². The highest BCUT2D eigenvalue weighted by Gasteiger charge is 2.17. The Morgan fingerprint density at radius 2 is 1.55 bits per heavy atom. The van der Waals surface area contributed by atoms with E-state index in [9.17, 15) is 9.59 Å². The number of ether oxygens (including phenoxy) is 1. The molecule has 0 unspecified atom stereocenters. The SMILES string of the molecule is CC(=O)c1ccc(C2=CCOc3ccc(C(C)=O)cc32)cc1. The lowest BCUT2D eigenvalue weighted by Crippen LogP contribution is -2.07. The van der Waals surface area contributed by atoms with Crippen molar-refractivity contribution >= 4 is 17.1 Å². The molecule has 2 aromatic rings. The fraction of sp³-hybridized carbons (Fsp3) is 0.158. The standard InChI is InChI=1S/C19H16O3/c1-12(20)14-3-5-15(6-4-14)17-9-10-22-19-8-7-16(13(2)21)11-18(17)19/h3-9,11H,10H2,1-2H3. The molecule has 3 heteroatoms. The second kappa shape index (κ2) is 5.60. The van der Waals surface area contributed by atoms with Gasteiger partial charge in [-0.15, -0.1) is 0 Å². The third kappa shape index (κ3) is 2.58. The number of Topliss-reactive ketones (excluding diaryl/α,β-unsaturated/α-hetero) is 2. The van der Waals surface area contributed by atoms with Gasteiger partial charge in [-0.3, -0.25) is 9.59 Å². The molecule has 1 heterocycles. The normalized spacial score (nSPS) is 12.9. The van der Waals surface area contributed by atoms with E-state index >= 15 is 0 Å². The van der Waals surface area contributed by atoms with Crippen molar-refractivity contribution in [3.8, 4) is 5.75 Å². The maximum Gasteiger partial charge on any atom is 0.159 e. The van der Waals surface area contributed by atoms with Crippen molar-refractivity contribution in [2.45, 2.75) is 13.8 Å². The summed E-state index contributed by atoms with van der Waals surface area (Å²) in [5, 5.41) is 0. The van der Waals surface area contributed by atoms with Crippen LogP contribution in [0.15, 0.2) is 48.5 Å². The number of rotatable bonds is 3. The third-order valence-corrected chi connectivity index (χ3v) is 3.80. The number of carbonyl (C=O) groups is 2. The summed E-state index contributed by atoms with van der Waals surface area (Å²) in [5.41, 5.74) is 4.30. The molecule has 1 aliphatic heterocycles. The Morgan fingerprint density at radius 3 is 2.18 bits per heavy atom. The van der Waals surface area contributed by atoms with E-state index in [-0.39, 0.29) is 11.6 Å². The maximum atomic E-state index is 11.6. The van der Waals surface area contributed by atoms with E-state index in [0.29, 0.717) is 17.7 Å². The van der Waals surface area contributed by atoms with E-state index in [2.05, 4.69) is 0 Å². The highest BCUT2D eigenvalue weighted by Crippen LogP contribution is 2.35. The third-order valence-electron chi connectivity index (χ3n) is 3.80. The van der Waals surface area contributed by atoms with Crippen LogP contribution in [0.3, 0.4) is 0 Å². The van der Waals surface area contributed by atoms with E-state index in [1.54, 1.807) is 19.9 Å². The van der Waals surface area contributed by atoms with E-state index in [1.807, 2.05) is 42.5 Å². The first kappa shape index (κ1) is 14.3. The van der Waals surface area contributed by atoms with E-state index in [0.717, 1.165) is 22.4 Å². The van der Waals surface area contributed by atoms with Gasteiger partial charge in [-0.2, -0.15) is 0 Å². The topological polar surface area (TPSA) is 43.4 Å². The van der Waals surface area contributed by atoms with Crippen LogP contribution in [0, 0.1) is 0 Å². The molecule has 3 nitrogen and oxygen atoms in total. The summed E-state index contributed by atoms with van der Waals surface area (Å²) in [7, 11) is 0. The molecule has 0 N–H and O–H groups in total. The predicted molar refractivity (Wildman–Crippen MR) is 85.5 cm³/mol. The van der Waals surface area contributed by atoms with Gasteiger partial charge in [0.25, 0.3) is 0 Å². The first-order chi connectivity index (χ1) is 10.6. The van der Waals surface area contributed by atoms with Gasteiger partial charge in [0.1, 0.15) is 12.4 Å². The molecule has 0 aromatic heterocycles. The van der Waals surface area contributed by atoms with Gasteiger partial charge >= 0.3 is 0 Å². The number of benzene rings is 2. The first-order valence-electron chi connectivity index (χ1n) is 7.16. The lowest BCUT2D eigenvalue weighted by atomic mass is 9.92. The Hall–Kier alpha value is -2.68. The molecule has 22 heavy (non-hydrogen) atoms. The van der Waals surface area contributed by atoms with Gasteiger partial charge in [-0.1, -0.05) is 24.3 Å². The summed E-state index contributed by atoms with van der Waals surface area (Å²) in [6.07, 6.45) is 2.00. The molecule has 0 saturated heterocycles. The molecule has 110 valence electrons. The number of hydrogen-bond donors (Lipinski definition) is 0. The Morgan fingerprint density at radius 1 is 0.909 bits per heavy atom. The summed E-state index contributed by atoms with van der Waals surface area (Å²) in [6, 6.07) is 13.0. The zero-order chi connectivity index (χ0) is 15.7. The highest BCUT2D eigenvalue weighted by molar-refractivity contribution is 5.97. The Kier molecular flexibility index (Phi) is 3.63. The highest BCUT2D eigenvalue weighted by atomic mass is 16.5. The molecular formula is C19H16O3. The van der Waals surface area contributed by atoms with Crippen molar-refractivity contribution in [3.63, 3.8) is 0 Å². The number of carbonyl (C=O) groups excluding carboxylic acids is 2. The second-order valence-electron chi connectivity index (χ2n) is 5.33. The summed E-state index contributed by atoms with van der Waals surface area (Å²) >= 11 is 0. The number of hydrogen-bond acceptors (Lipinski definition) is 3. The lowest BCUT2D eigenvalue weighted by Gasteiger charge is -2.19. The minimum Gasteiger partial charge on any atom is -0.489 e. The van der Waals surface area contributed by atoms with Gasteiger partial charge in [-0.05, 0) is 49.3 Å². The van der Waals surface area contributed by atoms with E-state index < -0.39 is 0 Å². The molecule has 0 atom stereocenters. The van der Waals surface area contributed by atoms with Crippen molar-refractivity contribution in [3.05, 3.63) is 70.8 Å². The summed E-state index contributed by atoms with van der Waals surface area (Å²) < 4.78 is 5.63. The second-order valence-corrected chi connectivity index (χ2v) is 5.33. The molecular weight excluding hydrogens is 276 g/mol. The Bertz CT molecular complexity index is 783. The average Bonchev–Trinajstić information content (AvgIpc) is 2.53. The average molecular weight is 292 g/mol. The zero-order valence-electron chi connectivity index (χ0n) is 12.6. The zero-order valence-corrected chi connectivity index (χ0v) is 12.6. The van der Waals surface area contributed by atoms with Crippen LogP contribution < -0.4 is 4.74 Å². The van der Waals surface area contributed by atoms with Gasteiger partial charge in [0, 0.05) is 16.7 Å². The minimum absolute atomic E-state index is 0.0275. The van der Waals surface area contributed by atoms with Gasteiger partial charge in [-0.25, -0.2) is 0 Å². The molecule has 3 rings (SSSR count). The van der Waals surface area contributed by atoms with Crippen LogP contribution in [0.2, 0.25) is 0 Å². The molecule has 0 amide bonds. The van der Waals surface area contributed by atoms with Crippen LogP contribution in [0.25, 0.3) is 5.57 Å². The molecule has 1 aliphatic rings. The fourth-order valence-corrected chi connectivity index (χ4v) is 2.57. The summed E-state index contributed by atoms with van der Waals surface area (Å²) in [6.45, 7) is 3.60. The minimum atomic E-state index is 0.0275. The molecule has 0 aliphatic carbocycles. The number of fused-ring (bicyclic) bond motifs is 1. The van der Waals surface area contributed by atoms with Gasteiger partial charge in [0.2, 0.25) is 0 Å². The fourth-order valence-electron chi connectivity index (χ4n) is 2.57. The van der Waals surface area contributed by atoms with E-state index in [4.69, 9.17) is 4.74 Å². The number of ketones is 2. The Labute approximate surface area is 129 Å². The monoisotopic (exact) mass is 292 g/mol. The Balaban J connectivity index is 2.06. The van der Waals surface area contributed by atoms with Crippen molar-refractivity contribution in [2.24, 2.45) is 0 Å². The summed E-state index contributed by atoms with van der Waals surface area (Å²) in [4.78, 5) is 23.0. The summed E-state index contributed by atoms with van der Waals surface area (Å²) in [5.74, 6) is 0.851. The van der Waals surface area contributed by atoms with Crippen LogP contribution in [-0.4, -0.2) is 18.2 Å².